The van der Waals surface area contributed by atoms with Crippen LogP contribution in [0.5, 0.6) is 0 Å². The maximum atomic E-state index is 6.07. The summed E-state index contributed by atoms with van der Waals surface area (Å²) < 4.78 is 1.20. The molecule has 0 fully saturated rings. The molecule has 0 atom stereocenters. The molecule has 2 rings (SSSR count). The van der Waals surface area contributed by atoms with Crippen LogP contribution in [0.15, 0.2) is 18.2 Å². The number of rotatable bonds is 0. The van der Waals surface area contributed by atoms with Gasteiger partial charge in [0.05, 0.1) is 5.02 Å². The van der Waals surface area contributed by atoms with Gasteiger partial charge >= 0.3 is 0 Å². The van der Waals surface area contributed by atoms with Crippen molar-refractivity contribution >= 4 is 44.6 Å². The SMILES string of the molecule is Cc1sc2ccc(Cl)cc2c1Cl. The highest BCUT2D eigenvalue weighted by atomic mass is 35.5. The van der Waals surface area contributed by atoms with E-state index in [9.17, 15) is 0 Å². The topological polar surface area (TPSA) is 0 Å². The molecule has 3 heteroatoms. The van der Waals surface area contributed by atoms with Crippen LogP contribution < -0.4 is 0 Å². The van der Waals surface area contributed by atoms with E-state index >= 15 is 0 Å². The zero-order valence-electron chi connectivity index (χ0n) is 6.40. The Labute approximate surface area is 84.7 Å². The Morgan fingerprint density at radius 2 is 2.00 bits per heavy atom. The summed E-state index contributed by atoms with van der Waals surface area (Å²) in [5, 5.41) is 2.63. The summed E-state index contributed by atoms with van der Waals surface area (Å²) >= 11 is 13.6. The summed E-state index contributed by atoms with van der Waals surface area (Å²) in [4.78, 5) is 1.15. The molecular weight excluding hydrogens is 211 g/mol. The van der Waals surface area contributed by atoms with Crippen LogP contribution in [0.1, 0.15) is 4.88 Å². The van der Waals surface area contributed by atoms with Crippen LogP contribution in [0, 0.1) is 6.92 Å². The molecule has 1 aromatic heterocycles. The van der Waals surface area contributed by atoms with Crippen LogP contribution in [-0.2, 0) is 0 Å². The summed E-state index contributed by atoms with van der Waals surface area (Å²) in [5.41, 5.74) is 0. The first-order valence-corrected chi connectivity index (χ1v) is 5.10. The lowest BCUT2D eigenvalue weighted by Gasteiger charge is -1.90. The van der Waals surface area contributed by atoms with Gasteiger partial charge in [0.25, 0.3) is 0 Å². The number of thiophene rings is 1. The number of benzene rings is 1. The van der Waals surface area contributed by atoms with Gasteiger partial charge in [-0.25, -0.2) is 0 Å². The zero-order chi connectivity index (χ0) is 8.72. The van der Waals surface area contributed by atoms with Gasteiger partial charge in [0.2, 0.25) is 0 Å². The van der Waals surface area contributed by atoms with Crippen LogP contribution in [0.25, 0.3) is 10.1 Å². The van der Waals surface area contributed by atoms with Gasteiger partial charge in [0, 0.05) is 20.0 Å². The lowest BCUT2D eigenvalue weighted by Crippen LogP contribution is -1.65. The summed E-state index contributed by atoms with van der Waals surface area (Å²) in [6.45, 7) is 2.01. The standard InChI is InChI=1S/C9H6Cl2S/c1-5-9(11)7-4-6(10)2-3-8(7)12-5/h2-4H,1H3. The molecule has 1 aromatic carbocycles. The third kappa shape index (κ3) is 1.22. The van der Waals surface area contributed by atoms with Crippen LogP contribution in [0.4, 0.5) is 0 Å². The molecular formula is C9H6Cl2S. The van der Waals surface area contributed by atoms with E-state index in [1.165, 1.54) is 4.70 Å². The Morgan fingerprint density at radius 3 is 2.75 bits per heavy atom. The lowest BCUT2D eigenvalue weighted by atomic mass is 10.2. The maximum Gasteiger partial charge on any atom is 0.0621 e. The molecule has 0 aliphatic heterocycles. The molecule has 0 N–H and O–H groups in total. The van der Waals surface area contributed by atoms with E-state index in [0.717, 1.165) is 20.3 Å². The van der Waals surface area contributed by atoms with E-state index in [1.807, 2.05) is 25.1 Å². The van der Waals surface area contributed by atoms with Crippen molar-refractivity contribution < 1.29 is 0 Å². The Morgan fingerprint density at radius 1 is 1.25 bits per heavy atom. The minimum absolute atomic E-state index is 0.738. The molecule has 0 saturated carbocycles. The number of aryl methyl sites for hydroxylation is 1. The number of halogens is 2. The van der Waals surface area contributed by atoms with Crippen molar-refractivity contribution in [2.45, 2.75) is 6.92 Å². The van der Waals surface area contributed by atoms with E-state index in [1.54, 1.807) is 11.3 Å². The third-order valence-corrected chi connectivity index (χ3v) is 3.67. The Kier molecular flexibility index (Phi) is 2.03. The molecule has 0 nitrogen and oxygen atoms in total. The minimum atomic E-state index is 0.738. The Balaban J connectivity index is 2.88. The molecule has 0 spiro atoms. The molecule has 0 bridgehead atoms. The molecule has 1 heterocycles. The highest BCUT2D eigenvalue weighted by Crippen LogP contribution is 2.35. The summed E-state index contributed by atoms with van der Waals surface area (Å²) in [6.07, 6.45) is 0. The van der Waals surface area contributed by atoms with Crippen LogP contribution in [0.2, 0.25) is 10.0 Å². The molecule has 0 saturated heterocycles. The van der Waals surface area contributed by atoms with Gasteiger partial charge < -0.3 is 0 Å². The van der Waals surface area contributed by atoms with Crippen LogP contribution in [-0.4, -0.2) is 0 Å². The average Bonchev–Trinajstić information content (AvgIpc) is 2.31. The van der Waals surface area contributed by atoms with Gasteiger partial charge in [-0.1, -0.05) is 23.2 Å². The first-order valence-electron chi connectivity index (χ1n) is 3.52. The van der Waals surface area contributed by atoms with Crippen molar-refractivity contribution in [1.29, 1.82) is 0 Å². The Bertz CT molecular complexity index is 431. The third-order valence-electron chi connectivity index (χ3n) is 1.75. The first-order chi connectivity index (χ1) is 5.68. The number of fused-ring (bicyclic) bond motifs is 1. The largest absolute Gasteiger partial charge is 0.139 e. The molecule has 0 aliphatic carbocycles. The second-order valence-electron chi connectivity index (χ2n) is 2.61. The second-order valence-corrected chi connectivity index (χ2v) is 4.68. The van der Waals surface area contributed by atoms with Crippen molar-refractivity contribution in [1.82, 2.24) is 0 Å². The normalized spacial score (nSPS) is 10.9. The highest BCUT2D eigenvalue weighted by Gasteiger charge is 2.05. The predicted octanol–water partition coefficient (Wildman–Crippen LogP) is 4.52. The minimum Gasteiger partial charge on any atom is -0.139 e. The first kappa shape index (κ1) is 8.36. The molecule has 0 unspecified atom stereocenters. The van der Waals surface area contributed by atoms with Crippen LogP contribution in [0.3, 0.4) is 0 Å². The van der Waals surface area contributed by atoms with E-state index in [0.29, 0.717) is 0 Å². The number of hydrogen-bond donors (Lipinski definition) is 0. The maximum absolute atomic E-state index is 6.07. The van der Waals surface area contributed by atoms with Crippen LogP contribution >= 0.6 is 34.5 Å². The van der Waals surface area contributed by atoms with Crippen molar-refractivity contribution in [2.75, 3.05) is 0 Å². The molecule has 2 aromatic rings. The molecule has 0 amide bonds. The van der Waals surface area contributed by atoms with E-state index < -0.39 is 0 Å². The summed E-state index contributed by atoms with van der Waals surface area (Å²) in [7, 11) is 0. The Hall–Kier alpha value is -0.240. The molecule has 0 radical (unpaired) electrons. The van der Waals surface area contributed by atoms with E-state index in [2.05, 4.69) is 0 Å². The van der Waals surface area contributed by atoms with Gasteiger partial charge in [0.1, 0.15) is 0 Å². The van der Waals surface area contributed by atoms with Gasteiger partial charge in [-0.15, -0.1) is 11.3 Å². The molecule has 0 aliphatic rings. The zero-order valence-corrected chi connectivity index (χ0v) is 8.72. The lowest BCUT2D eigenvalue weighted by molar-refractivity contribution is 1.65. The quantitative estimate of drug-likeness (QED) is 0.608. The fourth-order valence-corrected chi connectivity index (χ4v) is 2.60. The molecule has 12 heavy (non-hydrogen) atoms. The second kappa shape index (κ2) is 2.91. The average molecular weight is 217 g/mol. The van der Waals surface area contributed by atoms with Crippen molar-refractivity contribution in [3.63, 3.8) is 0 Å². The van der Waals surface area contributed by atoms with E-state index in [4.69, 9.17) is 23.2 Å². The van der Waals surface area contributed by atoms with Gasteiger partial charge in [-0.2, -0.15) is 0 Å². The fraction of sp³-hybridized carbons (Fsp3) is 0.111. The smallest absolute Gasteiger partial charge is 0.0621 e. The van der Waals surface area contributed by atoms with Gasteiger partial charge in [-0.3, -0.25) is 0 Å². The number of hydrogen-bond acceptors (Lipinski definition) is 1. The summed E-state index contributed by atoms with van der Waals surface area (Å²) in [5.74, 6) is 0. The fourth-order valence-electron chi connectivity index (χ4n) is 1.16. The highest BCUT2D eigenvalue weighted by molar-refractivity contribution is 7.19. The predicted molar refractivity (Wildman–Crippen MR) is 56.6 cm³/mol. The summed E-state index contributed by atoms with van der Waals surface area (Å²) in [6, 6.07) is 5.79. The monoisotopic (exact) mass is 216 g/mol. The van der Waals surface area contributed by atoms with Crippen molar-refractivity contribution in [3.05, 3.63) is 33.1 Å². The van der Waals surface area contributed by atoms with Crippen molar-refractivity contribution in [2.24, 2.45) is 0 Å². The van der Waals surface area contributed by atoms with Gasteiger partial charge in [0.15, 0.2) is 0 Å². The van der Waals surface area contributed by atoms with E-state index in [-0.39, 0.29) is 0 Å². The molecule has 62 valence electrons. The van der Waals surface area contributed by atoms with Gasteiger partial charge in [-0.05, 0) is 25.1 Å². The van der Waals surface area contributed by atoms with Crippen molar-refractivity contribution in [3.8, 4) is 0 Å².